The fraction of sp³-hybridized carbons (Fsp3) is 0.222. The highest BCUT2D eigenvalue weighted by molar-refractivity contribution is 5.20. The normalized spacial score (nSPS) is 10.4. The van der Waals surface area contributed by atoms with Crippen molar-refractivity contribution in [2.75, 3.05) is 0 Å². The lowest BCUT2D eigenvalue weighted by Gasteiger charge is -1.99. The molecule has 72 valence electrons. The van der Waals surface area contributed by atoms with E-state index in [-0.39, 0.29) is 5.56 Å². The maximum atomic E-state index is 11.2. The van der Waals surface area contributed by atoms with Crippen molar-refractivity contribution in [3.8, 4) is 5.82 Å². The molecule has 5 heteroatoms. The fourth-order valence-electron chi connectivity index (χ4n) is 1.22. The van der Waals surface area contributed by atoms with Gasteiger partial charge in [0.05, 0.1) is 6.20 Å². The van der Waals surface area contributed by atoms with Crippen LogP contribution in [-0.4, -0.2) is 19.7 Å². The van der Waals surface area contributed by atoms with Gasteiger partial charge < -0.3 is 4.98 Å². The number of aromatic nitrogens is 4. The zero-order valence-corrected chi connectivity index (χ0v) is 7.98. The summed E-state index contributed by atoms with van der Waals surface area (Å²) >= 11 is 0. The van der Waals surface area contributed by atoms with Crippen molar-refractivity contribution in [1.82, 2.24) is 19.7 Å². The number of H-pyrrole nitrogens is 1. The van der Waals surface area contributed by atoms with Crippen LogP contribution in [0.2, 0.25) is 0 Å². The molecule has 14 heavy (non-hydrogen) atoms. The van der Waals surface area contributed by atoms with Gasteiger partial charge in [-0.3, -0.25) is 4.79 Å². The number of nitrogens with zero attached hydrogens (tertiary/aromatic N) is 3. The zero-order valence-electron chi connectivity index (χ0n) is 7.98. The molecule has 5 nitrogen and oxygen atoms in total. The first kappa shape index (κ1) is 8.68. The molecule has 0 bridgehead atoms. The van der Waals surface area contributed by atoms with E-state index >= 15 is 0 Å². The summed E-state index contributed by atoms with van der Waals surface area (Å²) in [5.41, 5.74) is 0.866. The summed E-state index contributed by atoms with van der Waals surface area (Å²) in [6, 6.07) is 1.42. The Morgan fingerprint density at radius 2 is 2.21 bits per heavy atom. The molecular formula is C9H10N4O. The minimum absolute atomic E-state index is 0.166. The molecule has 0 radical (unpaired) electrons. The highest BCUT2D eigenvalue weighted by Crippen LogP contribution is 2.01. The van der Waals surface area contributed by atoms with E-state index in [4.69, 9.17) is 0 Å². The van der Waals surface area contributed by atoms with Gasteiger partial charge in [0, 0.05) is 12.3 Å². The minimum atomic E-state index is -0.166. The highest BCUT2D eigenvalue weighted by atomic mass is 16.1. The van der Waals surface area contributed by atoms with Gasteiger partial charge in [-0.2, -0.15) is 5.10 Å². The summed E-state index contributed by atoms with van der Waals surface area (Å²) in [5.74, 6) is 1.13. The van der Waals surface area contributed by atoms with Crippen LogP contribution >= 0.6 is 0 Å². The minimum Gasteiger partial charge on any atom is -0.311 e. The number of aryl methyl sites for hydroxylation is 2. The van der Waals surface area contributed by atoms with Gasteiger partial charge in [-0.25, -0.2) is 9.67 Å². The van der Waals surface area contributed by atoms with Gasteiger partial charge in [-0.15, -0.1) is 0 Å². The molecule has 0 aliphatic rings. The van der Waals surface area contributed by atoms with Crippen molar-refractivity contribution >= 4 is 0 Å². The predicted octanol–water partition coefficient (Wildman–Crippen LogP) is 0.572. The molecule has 0 aliphatic carbocycles. The van der Waals surface area contributed by atoms with Gasteiger partial charge in [0.25, 0.3) is 5.56 Å². The maximum absolute atomic E-state index is 11.2. The van der Waals surface area contributed by atoms with Crippen molar-refractivity contribution < 1.29 is 0 Å². The third-order valence-corrected chi connectivity index (χ3v) is 1.79. The van der Waals surface area contributed by atoms with E-state index in [2.05, 4.69) is 15.1 Å². The second-order valence-electron chi connectivity index (χ2n) is 3.15. The second-order valence-corrected chi connectivity index (χ2v) is 3.15. The number of aromatic amines is 1. The third kappa shape index (κ3) is 1.56. The van der Waals surface area contributed by atoms with Gasteiger partial charge in [0.2, 0.25) is 0 Å². The van der Waals surface area contributed by atoms with Crippen LogP contribution in [0, 0.1) is 13.8 Å². The summed E-state index contributed by atoms with van der Waals surface area (Å²) in [6.07, 6.45) is 3.54. The first-order valence-electron chi connectivity index (χ1n) is 4.25. The molecule has 0 amide bonds. The fourth-order valence-corrected chi connectivity index (χ4v) is 1.22. The largest absolute Gasteiger partial charge is 0.311 e. The molecule has 1 N–H and O–H groups in total. The highest BCUT2D eigenvalue weighted by Gasteiger charge is 2.01. The first-order valence-corrected chi connectivity index (χ1v) is 4.25. The molecule has 0 aromatic carbocycles. The molecule has 0 saturated heterocycles. The van der Waals surface area contributed by atoms with Gasteiger partial charge in [0.15, 0.2) is 5.82 Å². The number of rotatable bonds is 1. The molecule has 2 aromatic rings. The van der Waals surface area contributed by atoms with E-state index in [9.17, 15) is 4.79 Å². The number of hydrogen-bond donors (Lipinski definition) is 1. The van der Waals surface area contributed by atoms with Gasteiger partial charge in [-0.05, 0) is 19.4 Å². The average Bonchev–Trinajstić information content (AvgIpc) is 2.50. The Bertz CT molecular complexity index is 512. The van der Waals surface area contributed by atoms with Gasteiger partial charge >= 0.3 is 0 Å². The van der Waals surface area contributed by atoms with Crippen LogP contribution in [0.15, 0.2) is 23.3 Å². The smallest absolute Gasteiger partial charge is 0.253 e. The Kier molecular flexibility index (Phi) is 1.92. The van der Waals surface area contributed by atoms with Crippen LogP contribution in [0.1, 0.15) is 11.4 Å². The molecule has 0 atom stereocenters. The van der Waals surface area contributed by atoms with Crippen molar-refractivity contribution in [2.24, 2.45) is 0 Å². The van der Waals surface area contributed by atoms with Gasteiger partial charge in [0.1, 0.15) is 5.82 Å². The summed E-state index contributed by atoms with van der Waals surface area (Å²) in [5, 5.41) is 4.07. The predicted molar refractivity (Wildman–Crippen MR) is 51.5 cm³/mol. The Morgan fingerprint density at radius 3 is 2.79 bits per heavy atom. The lowest BCUT2D eigenvalue weighted by Crippen LogP contribution is -2.12. The van der Waals surface area contributed by atoms with Crippen molar-refractivity contribution in [2.45, 2.75) is 13.8 Å². The van der Waals surface area contributed by atoms with E-state index in [1.165, 1.54) is 6.07 Å². The van der Waals surface area contributed by atoms with Crippen molar-refractivity contribution in [3.63, 3.8) is 0 Å². The van der Waals surface area contributed by atoms with Crippen LogP contribution in [0.3, 0.4) is 0 Å². The van der Waals surface area contributed by atoms with Crippen LogP contribution in [0.4, 0.5) is 0 Å². The van der Waals surface area contributed by atoms with E-state index in [0.717, 1.165) is 5.56 Å². The third-order valence-electron chi connectivity index (χ3n) is 1.79. The number of hydrogen-bond acceptors (Lipinski definition) is 3. The van der Waals surface area contributed by atoms with E-state index in [0.29, 0.717) is 11.6 Å². The van der Waals surface area contributed by atoms with Crippen LogP contribution in [-0.2, 0) is 0 Å². The number of nitrogens with one attached hydrogen (secondary N) is 1. The quantitative estimate of drug-likeness (QED) is 0.715. The van der Waals surface area contributed by atoms with Crippen LogP contribution < -0.4 is 5.56 Å². The zero-order chi connectivity index (χ0) is 10.1. The monoisotopic (exact) mass is 190 g/mol. The molecule has 2 rings (SSSR count). The van der Waals surface area contributed by atoms with Crippen molar-refractivity contribution in [1.29, 1.82) is 0 Å². The SMILES string of the molecule is Cc1cnn(-c2cc(=O)[nH]c(C)n2)c1. The molecule has 0 spiro atoms. The van der Waals surface area contributed by atoms with Crippen LogP contribution in [0.25, 0.3) is 5.82 Å². The second kappa shape index (κ2) is 3.10. The molecule has 0 saturated carbocycles. The molecule has 0 aliphatic heterocycles. The van der Waals surface area contributed by atoms with E-state index in [1.807, 2.05) is 13.1 Å². The summed E-state index contributed by atoms with van der Waals surface area (Å²) < 4.78 is 1.58. The Morgan fingerprint density at radius 1 is 1.43 bits per heavy atom. The molecule has 0 fully saturated rings. The maximum Gasteiger partial charge on any atom is 0.253 e. The Balaban J connectivity index is 2.56. The lowest BCUT2D eigenvalue weighted by molar-refractivity contribution is 0.822. The van der Waals surface area contributed by atoms with Gasteiger partial charge in [-0.1, -0.05) is 0 Å². The summed E-state index contributed by atoms with van der Waals surface area (Å²) in [6.45, 7) is 3.67. The Hall–Kier alpha value is -1.91. The molecule has 2 heterocycles. The molecular weight excluding hydrogens is 180 g/mol. The summed E-state index contributed by atoms with van der Waals surface area (Å²) in [7, 11) is 0. The van der Waals surface area contributed by atoms with Crippen molar-refractivity contribution in [3.05, 3.63) is 40.2 Å². The first-order chi connectivity index (χ1) is 6.65. The summed E-state index contributed by atoms with van der Waals surface area (Å²) in [4.78, 5) is 17.9. The average molecular weight is 190 g/mol. The Labute approximate surface area is 80.4 Å². The van der Waals surface area contributed by atoms with E-state index < -0.39 is 0 Å². The topological polar surface area (TPSA) is 63.6 Å². The lowest BCUT2D eigenvalue weighted by atomic mass is 10.4. The standard InChI is InChI=1S/C9H10N4O/c1-6-4-10-13(5-6)8-3-9(14)12-7(2)11-8/h3-5H,1-2H3,(H,11,12,14). The van der Waals surface area contributed by atoms with Crippen LogP contribution in [0.5, 0.6) is 0 Å². The molecule has 0 unspecified atom stereocenters. The molecule has 2 aromatic heterocycles. The van der Waals surface area contributed by atoms with E-state index in [1.54, 1.807) is 17.8 Å².